The molecule has 0 radical (unpaired) electrons. The molecule has 0 aromatic rings. The highest BCUT2D eigenvalue weighted by Crippen LogP contribution is 2.35. The second-order valence-corrected chi connectivity index (χ2v) is 3.99. The van der Waals surface area contributed by atoms with Gasteiger partial charge in [0, 0.05) is 0 Å². The Bertz CT molecular complexity index is 248. The van der Waals surface area contributed by atoms with Crippen molar-refractivity contribution in [2.75, 3.05) is 6.67 Å². The maximum atomic E-state index is 12.8. The van der Waals surface area contributed by atoms with Crippen molar-refractivity contribution < 1.29 is 4.39 Å². The largest absolute Gasteiger partial charge is 0.246 e. The number of hydrogen-bond acceptors (Lipinski definition) is 0. The minimum absolute atomic E-state index is 0.283. The van der Waals surface area contributed by atoms with Gasteiger partial charge in [0.2, 0.25) is 0 Å². The Morgan fingerprint density at radius 1 is 1.38 bits per heavy atom. The molecule has 0 aromatic heterocycles. The Morgan fingerprint density at radius 3 is 2.46 bits per heavy atom. The Morgan fingerprint density at radius 2 is 2.00 bits per heavy atom. The van der Waals surface area contributed by atoms with Gasteiger partial charge in [-0.15, -0.1) is 0 Å². The Balaban J connectivity index is 3.00. The van der Waals surface area contributed by atoms with E-state index in [4.69, 9.17) is 0 Å². The molecule has 0 heterocycles. The number of halogens is 1. The van der Waals surface area contributed by atoms with E-state index in [1.165, 1.54) is 11.1 Å². The first-order valence-electron chi connectivity index (χ1n) is 5.06. The molecule has 0 amide bonds. The zero-order valence-corrected chi connectivity index (χ0v) is 9.02. The summed E-state index contributed by atoms with van der Waals surface area (Å²) in [6.45, 7) is 8.13. The van der Waals surface area contributed by atoms with Crippen LogP contribution in [0.2, 0.25) is 0 Å². The van der Waals surface area contributed by atoms with E-state index in [0.29, 0.717) is 11.8 Å². The van der Waals surface area contributed by atoms with Gasteiger partial charge in [0.1, 0.15) is 6.67 Å². The normalized spacial score (nSPS) is 29.2. The number of hydrogen-bond donors (Lipinski definition) is 0. The van der Waals surface area contributed by atoms with Gasteiger partial charge in [0.25, 0.3) is 0 Å². The fraction of sp³-hybridized carbons (Fsp3) is 0.667. The monoisotopic (exact) mass is 182 g/mol. The molecular weight excluding hydrogens is 163 g/mol. The Kier molecular flexibility index (Phi) is 3.29. The predicted octanol–water partition coefficient (Wildman–Crippen LogP) is 3.89. The molecule has 0 saturated heterocycles. The van der Waals surface area contributed by atoms with Crippen molar-refractivity contribution in [1.82, 2.24) is 0 Å². The highest BCUT2D eigenvalue weighted by molar-refractivity contribution is 5.38. The topological polar surface area (TPSA) is 0 Å². The summed E-state index contributed by atoms with van der Waals surface area (Å²) in [5.74, 6) is 0.924. The lowest BCUT2D eigenvalue weighted by Gasteiger charge is -2.28. The van der Waals surface area contributed by atoms with Gasteiger partial charge in [-0.2, -0.15) is 0 Å². The molecule has 0 aliphatic heterocycles. The summed E-state index contributed by atoms with van der Waals surface area (Å²) >= 11 is 0. The molecule has 0 saturated carbocycles. The average molecular weight is 182 g/mol. The molecule has 13 heavy (non-hydrogen) atoms. The first-order valence-corrected chi connectivity index (χ1v) is 5.06. The first-order chi connectivity index (χ1) is 6.11. The molecule has 1 aliphatic rings. The maximum Gasteiger partial charge on any atom is 0.111 e. The van der Waals surface area contributed by atoms with E-state index in [-0.39, 0.29) is 6.67 Å². The molecular formula is C12H19F. The van der Waals surface area contributed by atoms with E-state index in [1.54, 1.807) is 0 Å². The number of allylic oxidation sites excluding steroid dienone is 4. The maximum absolute atomic E-state index is 12.8. The van der Waals surface area contributed by atoms with E-state index in [9.17, 15) is 4.39 Å². The molecule has 0 aromatic carbocycles. The van der Waals surface area contributed by atoms with Crippen molar-refractivity contribution in [3.8, 4) is 0 Å². The van der Waals surface area contributed by atoms with Gasteiger partial charge in [0.15, 0.2) is 0 Å². The molecule has 74 valence electrons. The predicted molar refractivity (Wildman–Crippen MR) is 55.4 cm³/mol. The lowest BCUT2D eigenvalue weighted by molar-refractivity contribution is 0.412. The van der Waals surface area contributed by atoms with Gasteiger partial charge in [-0.25, -0.2) is 4.39 Å². The van der Waals surface area contributed by atoms with Crippen LogP contribution in [0.4, 0.5) is 4.39 Å². The number of alkyl halides is 1. The van der Waals surface area contributed by atoms with Crippen LogP contribution in [0.5, 0.6) is 0 Å². The zero-order chi connectivity index (χ0) is 10.0. The summed E-state index contributed by atoms with van der Waals surface area (Å²) in [7, 11) is 0. The van der Waals surface area contributed by atoms with E-state index in [2.05, 4.69) is 26.8 Å². The molecule has 0 nitrogen and oxygen atoms in total. The summed E-state index contributed by atoms with van der Waals surface area (Å²) in [5, 5.41) is 0. The van der Waals surface area contributed by atoms with Crippen LogP contribution in [-0.4, -0.2) is 6.67 Å². The van der Waals surface area contributed by atoms with Crippen LogP contribution in [0.15, 0.2) is 22.8 Å². The standard InChI is InChI=1S/C12H19F/c1-5-11-6-8(2)9(3)12(7-13)10(11)4/h6,10-11H,5,7H2,1-4H3. The van der Waals surface area contributed by atoms with Crippen LogP contribution in [0, 0.1) is 11.8 Å². The summed E-state index contributed by atoms with van der Waals surface area (Å²) in [4.78, 5) is 0. The van der Waals surface area contributed by atoms with Crippen LogP contribution >= 0.6 is 0 Å². The fourth-order valence-electron chi connectivity index (χ4n) is 2.14. The van der Waals surface area contributed by atoms with Crippen molar-refractivity contribution in [3.63, 3.8) is 0 Å². The van der Waals surface area contributed by atoms with Crippen molar-refractivity contribution in [1.29, 1.82) is 0 Å². The third kappa shape index (κ3) is 1.84. The molecule has 1 aliphatic carbocycles. The van der Waals surface area contributed by atoms with E-state index in [1.807, 2.05) is 6.92 Å². The van der Waals surface area contributed by atoms with Crippen LogP contribution in [0.3, 0.4) is 0 Å². The van der Waals surface area contributed by atoms with Crippen LogP contribution in [0.1, 0.15) is 34.1 Å². The summed E-state index contributed by atoms with van der Waals surface area (Å²) < 4.78 is 12.8. The number of rotatable bonds is 2. The van der Waals surface area contributed by atoms with Gasteiger partial charge in [0.05, 0.1) is 0 Å². The van der Waals surface area contributed by atoms with Gasteiger partial charge < -0.3 is 0 Å². The van der Waals surface area contributed by atoms with Crippen LogP contribution in [-0.2, 0) is 0 Å². The lowest BCUT2D eigenvalue weighted by atomic mass is 9.77. The second kappa shape index (κ2) is 4.08. The first kappa shape index (κ1) is 10.5. The quantitative estimate of drug-likeness (QED) is 0.607. The molecule has 0 spiro atoms. The van der Waals surface area contributed by atoms with Crippen molar-refractivity contribution in [2.45, 2.75) is 34.1 Å². The fourth-order valence-corrected chi connectivity index (χ4v) is 2.14. The molecule has 2 atom stereocenters. The van der Waals surface area contributed by atoms with Crippen LogP contribution in [0.25, 0.3) is 0 Å². The lowest BCUT2D eigenvalue weighted by Crippen LogP contribution is -2.18. The highest BCUT2D eigenvalue weighted by Gasteiger charge is 2.23. The minimum atomic E-state index is -0.283. The smallest absolute Gasteiger partial charge is 0.111 e. The third-order valence-electron chi connectivity index (χ3n) is 3.34. The summed E-state index contributed by atoms with van der Waals surface area (Å²) in [6.07, 6.45) is 3.40. The molecule has 1 heteroatoms. The third-order valence-corrected chi connectivity index (χ3v) is 3.34. The Labute approximate surface area is 80.5 Å². The SMILES string of the molecule is CCC1C=C(C)C(C)=C(CF)C1C. The molecule has 1 rings (SSSR count). The minimum Gasteiger partial charge on any atom is -0.246 e. The summed E-state index contributed by atoms with van der Waals surface area (Å²) in [6, 6.07) is 0. The molecule has 2 unspecified atom stereocenters. The van der Waals surface area contributed by atoms with E-state index >= 15 is 0 Å². The molecule has 0 fully saturated rings. The van der Waals surface area contributed by atoms with Gasteiger partial charge >= 0.3 is 0 Å². The van der Waals surface area contributed by atoms with Crippen molar-refractivity contribution >= 4 is 0 Å². The van der Waals surface area contributed by atoms with Crippen molar-refractivity contribution in [2.24, 2.45) is 11.8 Å². The van der Waals surface area contributed by atoms with Gasteiger partial charge in [-0.05, 0) is 43.3 Å². The molecule has 0 N–H and O–H groups in total. The zero-order valence-electron chi connectivity index (χ0n) is 9.02. The van der Waals surface area contributed by atoms with E-state index < -0.39 is 0 Å². The van der Waals surface area contributed by atoms with Gasteiger partial charge in [-0.1, -0.05) is 25.5 Å². The Hall–Kier alpha value is -0.590. The summed E-state index contributed by atoms with van der Waals surface area (Å²) in [5.41, 5.74) is 3.43. The van der Waals surface area contributed by atoms with Crippen LogP contribution < -0.4 is 0 Å². The van der Waals surface area contributed by atoms with Crippen molar-refractivity contribution in [3.05, 3.63) is 22.8 Å². The van der Waals surface area contributed by atoms with E-state index in [0.717, 1.165) is 12.0 Å². The molecule has 0 bridgehead atoms. The average Bonchev–Trinajstić information content (AvgIpc) is 2.12. The second-order valence-electron chi connectivity index (χ2n) is 3.99. The highest BCUT2D eigenvalue weighted by atomic mass is 19.1. The van der Waals surface area contributed by atoms with Gasteiger partial charge in [-0.3, -0.25) is 0 Å².